The number of nitrogens with one attached hydrogen (secondary N) is 1. The SMILES string of the molecule is CCNC(=O)C(Cc1ccccc1)N(Cc1ccc(F)cc1)C(=O)CN(c1ccc(F)c(Cl)c1)S(=O)(=O)c1ccccc1. The van der Waals surface area contributed by atoms with Crippen LogP contribution in [0, 0.1) is 11.6 Å². The second kappa shape index (κ2) is 14.3. The Labute approximate surface area is 254 Å². The van der Waals surface area contributed by atoms with Gasteiger partial charge in [0.1, 0.15) is 24.2 Å². The fourth-order valence-corrected chi connectivity index (χ4v) is 6.12. The summed E-state index contributed by atoms with van der Waals surface area (Å²) >= 11 is 6.01. The molecule has 0 radical (unpaired) electrons. The third-order valence-corrected chi connectivity index (χ3v) is 8.77. The number of sulfonamides is 1. The van der Waals surface area contributed by atoms with Crippen LogP contribution >= 0.6 is 11.6 Å². The Morgan fingerprint density at radius 1 is 0.860 bits per heavy atom. The van der Waals surface area contributed by atoms with E-state index in [0.29, 0.717) is 12.1 Å². The molecule has 0 fully saturated rings. The van der Waals surface area contributed by atoms with Gasteiger partial charge in [0.2, 0.25) is 11.8 Å². The van der Waals surface area contributed by atoms with Crippen LogP contribution in [-0.2, 0) is 32.6 Å². The molecule has 1 unspecified atom stereocenters. The van der Waals surface area contributed by atoms with E-state index in [-0.39, 0.29) is 28.6 Å². The lowest BCUT2D eigenvalue weighted by Gasteiger charge is -2.33. The van der Waals surface area contributed by atoms with E-state index >= 15 is 0 Å². The smallest absolute Gasteiger partial charge is 0.264 e. The molecule has 0 bridgehead atoms. The van der Waals surface area contributed by atoms with Gasteiger partial charge >= 0.3 is 0 Å². The van der Waals surface area contributed by atoms with Gasteiger partial charge in [0.15, 0.2) is 0 Å². The standard InChI is InChI=1S/C32H30ClF2N3O4S/c1-2-36-32(40)30(19-23-9-5-3-6-10-23)37(21-24-13-15-25(34)16-14-24)31(39)22-38(26-17-18-29(35)28(33)20-26)43(41,42)27-11-7-4-8-12-27/h3-18,20,30H,2,19,21-22H2,1H3,(H,36,40). The molecule has 1 atom stereocenters. The minimum absolute atomic E-state index is 0.0389. The quantitative estimate of drug-likeness (QED) is 0.222. The van der Waals surface area contributed by atoms with Crippen LogP contribution in [0.25, 0.3) is 0 Å². The van der Waals surface area contributed by atoms with Crippen LogP contribution in [0.5, 0.6) is 0 Å². The van der Waals surface area contributed by atoms with Gasteiger partial charge in [-0.25, -0.2) is 17.2 Å². The van der Waals surface area contributed by atoms with E-state index in [1.807, 2.05) is 30.3 Å². The number of halogens is 3. The molecular formula is C32H30ClF2N3O4S. The van der Waals surface area contributed by atoms with Gasteiger partial charge in [0.25, 0.3) is 10.0 Å². The number of carbonyl (C=O) groups is 2. The summed E-state index contributed by atoms with van der Waals surface area (Å²) in [7, 11) is -4.35. The first-order chi connectivity index (χ1) is 20.6. The van der Waals surface area contributed by atoms with E-state index in [4.69, 9.17) is 11.6 Å². The van der Waals surface area contributed by atoms with Crippen LogP contribution in [0.4, 0.5) is 14.5 Å². The third kappa shape index (κ3) is 7.97. The van der Waals surface area contributed by atoms with Crippen molar-refractivity contribution in [3.05, 3.63) is 131 Å². The molecule has 7 nitrogen and oxygen atoms in total. The van der Waals surface area contributed by atoms with Crippen molar-refractivity contribution >= 4 is 39.1 Å². The molecule has 43 heavy (non-hydrogen) atoms. The highest BCUT2D eigenvalue weighted by atomic mass is 35.5. The van der Waals surface area contributed by atoms with E-state index in [9.17, 15) is 26.8 Å². The Morgan fingerprint density at radius 3 is 2.09 bits per heavy atom. The molecule has 0 aliphatic rings. The van der Waals surface area contributed by atoms with Crippen LogP contribution in [-0.4, -0.2) is 44.3 Å². The van der Waals surface area contributed by atoms with E-state index in [0.717, 1.165) is 22.0 Å². The van der Waals surface area contributed by atoms with Crippen LogP contribution in [0.2, 0.25) is 5.02 Å². The molecule has 1 N–H and O–H groups in total. The lowest BCUT2D eigenvalue weighted by atomic mass is 10.0. The molecule has 0 aromatic heterocycles. The molecule has 4 aromatic carbocycles. The predicted octanol–water partition coefficient (Wildman–Crippen LogP) is 5.59. The average Bonchev–Trinajstić information content (AvgIpc) is 3.01. The van der Waals surface area contributed by atoms with Gasteiger partial charge in [-0.15, -0.1) is 0 Å². The fraction of sp³-hybridized carbons (Fsp3) is 0.188. The first-order valence-electron chi connectivity index (χ1n) is 13.5. The highest BCUT2D eigenvalue weighted by molar-refractivity contribution is 7.92. The summed E-state index contributed by atoms with van der Waals surface area (Å²) in [6, 6.07) is 24.3. The Bertz CT molecular complexity index is 1660. The minimum Gasteiger partial charge on any atom is -0.355 e. The number of anilines is 1. The lowest BCUT2D eigenvalue weighted by molar-refractivity contribution is -0.140. The van der Waals surface area contributed by atoms with Crippen molar-refractivity contribution in [1.82, 2.24) is 10.2 Å². The summed E-state index contributed by atoms with van der Waals surface area (Å²) in [4.78, 5) is 28.8. The van der Waals surface area contributed by atoms with Gasteiger partial charge in [0.05, 0.1) is 15.6 Å². The second-order valence-electron chi connectivity index (χ2n) is 9.67. The van der Waals surface area contributed by atoms with Crippen molar-refractivity contribution in [1.29, 1.82) is 0 Å². The number of amides is 2. The summed E-state index contributed by atoms with van der Waals surface area (Å²) in [5.41, 5.74) is 1.26. The Morgan fingerprint density at radius 2 is 1.49 bits per heavy atom. The molecule has 0 spiro atoms. The highest BCUT2D eigenvalue weighted by Gasteiger charge is 2.34. The van der Waals surface area contributed by atoms with Gasteiger partial charge in [-0.1, -0.05) is 72.3 Å². The first-order valence-corrected chi connectivity index (χ1v) is 15.3. The molecule has 0 saturated carbocycles. The maximum Gasteiger partial charge on any atom is 0.264 e. The molecule has 11 heteroatoms. The molecular weight excluding hydrogens is 596 g/mol. The number of hydrogen-bond donors (Lipinski definition) is 1. The highest BCUT2D eigenvalue weighted by Crippen LogP contribution is 2.28. The molecule has 0 heterocycles. The molecule has 0 saturated heterocycles. The number of likely N-dealkylation sites (N-methyl/N-ethyl adjacent to an activating group) is 1. The average molecular weight is 626 g/mol. The number of carbonyl (C=O) groups excluding carboxylic acids is 2. The predicted molar refractivity (Wildman–Crippen MR) is 162 cm³/mol. The molecule has 4 rings (SSSR count). The summed E-state index contributed by atoms with van der Waals surface area (Å²) in [6.45, 7) is 1.20. The van der Waals surface area contributed by atoms with Crippen LogP contribution < -0.4 is 9.62 Å². The van der Waals surface area contributed by atoms with Gasteiger partial charge in [-0.05, 0) is 60.5 Å². The zero-order chi connectivity index (χ0) is 31.0. The Balaban J connectivity index is 1.80. The van der Waals surface area contributed by atoms with Crippen molar-refractivity contribution in [2.75, 3.05) is 17.4 Å². The maximum absolute atomic E-state index is 14.2. The van der Waals surface area contributed by atoms with Crippen molar-refractivity contribution in [3.63, 3.8) is 0 Å². The zero-order valence-electron chi connectivity index (χ0n) is 23.3. The number of hydrogen-bond acceptors (Lipinski definition) is 4. The molecule has 4 aromatic rings. The maximum atomic E-state index is 14.2. The van der Waals surface area contributed by atoms with Crippen LogP contribution in [0.3, 0.4) is 0 Å². The summed E-state index contributed by atoms with van der Waals surface area (Å²) < 4.78 is 56.4. The van der Waals surface area contributed by atoms with Crippen molar-refractivity contribution < 1.29 is 26.8 Å². The van der Waals surface area contributed by atoms with Gasteiger partial charge in [0, 0.05) is 19.5 Å². The molecule has 0 aliphatic carbocycles. The fourth-order valence-electron chi connectivity index (χ4n) is 4.52. The monoisotopic (exact) mass is 625 g/mol. The minimum atomic E-state index is -4.35. The zero-order valence-corrected chi connectivity index (χ0v) is 24.9. The second-order valence-corrected chi connectivity index (χ2v) is 11.9. The third-order valence-electron chi connectivity index (χ3n) is 6.69. The van der Waals surface area contributed by atoms with Gasteiger partial charge in [-0.3, -0.25) is 13.9 Å². The van der Waals surface area contributed by atoms with Crippen molar-refractivity contribution in [2.24, 2.45) is 0 Å². The Kier molecular flexibility index (Phi) is 10.5. The van der Waals surface area contributed by atoms with E-state index in [2.05, 4.69) is 5.32 Å². The topological polar surface area (TPSA) is 86.8 Å². The molecule has 224 valence electrons. The van der Waals surface area contributed by atoms with Crippen LogP contribution in [0.15, 0.2) is 108 Å². The number of rotatable bonds is 12. The summed E-state index contributed by atoms with van der Waals surface area (Å²) in [5, 5.41) is 2.44. The first kappa shape index (κ1) is 31.7. The largest absolute Gasteiger partial charge is 0.355 e. The summed E-state index contributed by atoms with van der Waals surface area (Å²) in [5.74, 6) is -2.38. The summed E-state index contributed by atoms with van der Waals surface area (Å²) in [6.07, 6.45) is 0.132. The van der Waals surface area contributed by atoms with E-state index in [1.165, 1.54) is 59.5 Å². The molecule has 0 aliphatic heterocycles. The van der Waals surface area contributed by atoms with Gasteiger partial charge in [-0.2, -0.15) is 0 Å². The van der Waals surface area contributed by atoms with Crippen LogP contribution in [0.1, 0.15) is 18.1 Å². The molecule has 2 amide bonds. The number of nitrogens with zero attached hydrogens (tertiary/aromatic N) is 2. The van der Waals surface area contributed by atoms with E-state index in [1.54, 1.807) is 13.0 Å². The lowest BCUT2D eigenvalue weighted by Crippen LogP contribution is -2.53. The normalized spacial score (nSPS) is 11.9. The Hall–Kier alpha value is -4.28. The van der Waals surface area contributed by atoms with Gasteiger partial charge < -0.3 is 10.2 Å². The van der Waals surface area contributed by atoms with E-state index < -0.39 is 46.1 Å². The van der Waals surface area contributed by atoms with Crippen molar-refractivity contribution in [3.8, 4) is 0 Å². The van der Waals surface area contributed by atoms with Crippen molar-refractivity contribution in [2.45, 2.75) is 30.8 Å². The number of benzene rings is 4.